The number of nitrogens with two attached hydrogens (primary N) is 1. The SMILES string of the molecule is CC1CCC(NS(=O)(=O)CC(=O)NC(C)(CN)C(C)C)CC1.Cl. The lowest BCUT2D eigenvalue weighted by molar-refractivity contribution is -0.120. The number of rotatable bonds is 7. The highest BCUT2D eigenvalue weighted by atomic mass is 35.5. The second kappa shape index (κ2) is 9.20. The molecule has 0 heterocycles. The van der Waals surface area contributed by atoms with Crippen LogP contribution in [0.25, 0.3) is 0 Å². The molecule has 1 unspecified atom stereocenters. The lowest BCUT2D eigenvalue weighted by Crippen LogP contribution is -2.56. The van der Waals surface area contributed by atoms with Crippen LogP contribution in [0.4, 0.5) is 0 Å². The first kappa shape index (κ1) is 22.6. The van der Waals surface area contributed by atoms with E-state index in [-0.39, 0.29) is 30.9 Å². The highest BCUT2D eigenvalue weighted by Crippen LogP contribution is 2.23. The van der Waals surface area contributed by atoms with E-state index in [2.05, 4.69) is 17.0 Å². The molecule has 1 saturated carbocycles. The van der Waals surface area contributed by atoms with Gasteiger partial charge in [0.05, 0.1) is 5.54 Å². The summed E-state index contributed by atoms with van der Waals surface area (Å²) in [5.41, 5.74) is 5.11. The van der Waals surface area contributed by atoms with Crippen LogP contribution in [0.5, 0.6) is 0 Å². The van der Waals surface area contributed by atoms with E-state index < -0.39 is 27.2 Å². The third kappa shape index (κ3) is 7.37. The van der Waals surface area contributed by atoms with Crippen molar-refractivity contribution >= 4 is 28.3 Å². The number of hydrogen-bond donors (Lipinski definition) is 3. The van der Waals surface area contributed by atoms with E-state index in [0.717, 1.165) is 25.7 Å². The standard InChI is InChI=1S/C15H31N3O3S.ClH/c1-11(2)15(4,10-16)17-14(19)9-22(20,21)18-13-7-5-12(3)6-8-13;/h11-13,18H,5-10,16H2,1-4H3,(H,17,19);1H. The quantitative estimate of drug-likeness (QED) is 0.631. The van der Waals surface area contributed by atoms with Gasteiger partial charge in [0, 0.05) is 12.6 Å². The summed E-state index contributed by atoms with van der Waals surface area (Å²) in [5, 5.41) is 2.76. The van der Waals surface area contributed by atoms with E-state index in [9.17, 15) is 13.2 Å². The van der Waals surface area contributed by atoms with Crippen LogP contribution in [0.15, 0.2) is 0 Å². The van der Waals surface area contributed by atoms with Gasteiger partial charge in [-0.1, -0.05) is 20.8 Å². The smallest absolute Gasteiger partial charge is 0.237 e. The predicted molar refractivity (Wildman–Crippen MR) is 96.0 cm³/mol. The van der Waals surface area contributed by atoms with Crippen molar-refractivity contribution in [3.8, 4) is 0 Å². The molecule has 8 heteroatoms. The Bertz CT molecular complexity index is 476. The van der Waals surface area contributed by atoms with Gasteiger partial charge in [0.2, 0.25) is 15.9 Å². The van der Waals surface area contributed by atoms with Gasteiger partial charge >= 0.3 is 0 Å². The van der Waals surface area contributed by atoms with Crippen LogP contribution >= 0.6 is 12.4 Å². The van der Waals surface area contributed by atoms with E-state index in [1.165, 1.54) is 0 Å². The van der Waals surface area contributed by atoms with Gasteiger partial charge in [-0.25, -0.2) is 13.1 Å². The highest BCUT2D eigenvalue weighted by molar-refractivity contribution is 7.90. The minimum atomic E-state index is -3.61. The van der Waals surface area contributed by atoms with Crippen molar-refractivity contribution in [2.75, 3.05) is 12.3 Å². The fourth-order valence-corrected chi connectivity index (χ4v) is 3.88. The summed E-state index contributed by atoms with van der Waals surface area (Å²) >= 11 is 0. The fourth-order valence-electron chi connectivity index (χ4n) is 2.63. The monoisotopic (exact) mass is 369 g/mol. The second-order valence-electron chi connectivity index (χ2n) is 7.16. The Labute approximate surface area is 146 Å². The highest BCUT2D eigenvalue weighted by Gasteiger charge is 2.31. The topological polar surface area (TPSA) is 101 Å². The molecule has 0 bridgehead atoms. The molecule has 0 aromatic rings. The van der Waals surface area contributed by atoms with Gasteiger partial charge in [-0.05, 0) is 44.4 Å². The average molecular weight is 370 g/mol. The van der Waals surface area contributed by atoms with E-state index in [0.29, 0.717) is 5.92 Å². The van der Waals surface area contributed by atoms with Crippen LogP contribution < -0.4 is 15.8 Å². The van der Waals surface area contributed by atoms with Crippen LogP contribution in [0.2, 0.25) is 0 Å². The Balaban J connectivity index is 0.00000484. The van der Waals surface area contributed by atoms with Gasteiger partial charge < -0.3 is 11.1 Å². The van der Waals surface area contributed by atoms with E-state index in [4.69, 9.17) is 5.73 Å². The summed E-state index contributed by atoms with van der Waals surface area (Å²) in [4.78, 5) is 12.0. The molecule has 4 N–H and O–H groups in total. The van der Waals surface area contributed by atoms with E-state index >= 15 is 0 Å². The fraction of sp³-hybridized carbons (Fsp3) is 0.933. The summed E-state index contributed by atoms with van der Waals surface area (Å²) in [5.74, 6) is -0.267. The first-order chi connectivity index (χ1) is 10.1. The van der Waals surface area contributed by atoms with Crippen molar-refractivity contribution in [2.45, 2.75) is 65.0 Å². The van der Waals surface area contributed by atoms with E-state index in [1.54, 1.807) is 0 Å². The molecule has 1 atom stereocenters. The number of hydrogen-bond acceptors (Lipinski definition) is 4. The van der Waals surface area contributed by atoms with Crippen molar-refractivity contribution in [1.82, 2.24) is 10.0 Å². The van der Waals surface area contributed by atoms with Crippen molar-refractivity contribution in [3.63, 3.8) is 0 Å². The van der Waals surface area contributed by atoms with Gasteiger partial charge in [0.15, 0.2) is 0 Å². The summed E-state index contributed by atoms with van der Waals surface area (Å²) in [7, 11) is -3.61. The minimum Gasteiger partial charge on any atom is -0.348 e. The first-order valence-electron chi connectivity index (χ1n) is 8.09. The summed E-state index contributed by atoms with van der Waals surface area (Å²) in [6.07, 6.45) is 3.74. The molecule has 1 aliphatic rings. The zero-order chi connectivity index (χ0) is 17.0. The molecule has 0 aliphatic heterocycles. The number of carbonyl (C=O) groups is 1. The molecule has 1 fully saturated rings. The van der Waals surface area contributed by atoms with Crippen LogP contribution in [0, 0.1) is 11.8 Å². The number of halogens is 1. The van der Waals surface area contributed by atoms with Crippen LogP contribution in [-0.2, 0) is 14.8 Å². The lowest BCUT2D eigenvalue weighted by Gasteiger charge is -2.33. The Hall–Kier alpha value is -0.370. The normalized spacial score (nSPS) is 24.6. The van der Waals surface area contributed by atoms with Gasteiger partial charge in [0.1, 0.15) is 5.75 Å². The Morgan fingerprint density at radius 2 is 1.78 bits per heavy atom. The molecule has 0 spiro atoms. The van der Waals surface area contributed by atoms with Crippen molar-refractivity contribution in [2.24, 2.45) is 17.6 Å². The summed E-state index contributed by atoms with van der Waals surface area (Å²) in [6, 6.07) is -0.0417. The predicted octanol–water partition coefficient (Wildman–Crippen LogP) is 1.40. The molecular formula is C15H32ClN3O3S. The van der Waals surface area contributed by atoms with Crippen molar-refractivity contribution in [1.29, 1.82) is 0 Å². The molecule has 1 amide bonds. The third-order valence-electron chi connectivity index (χ3n) is 4.81. The third-order valence-corrected chi connectivity index (χ3v) is 6.14. The molecule has 23 heavy (non-hydrogen) atoms. The summed E-state index contributed by atoms with van der Waals surface area (Å²) < 4.78 is 26.9. The van der Waals surface area contributed by atoms with Gasteiger partial charge in [-0.15, -0.1) is 12.4 Å². The number of nitrogens with one attached hydrogen (secondary N) is 2. The second-order valence-corrected chi connectivity index (χ2v) is 8.91. The maximum atomic E-state index is 12.1. The number of carbonyl (C=O) groups excluding carboxylic acids is 1. The van der Waals surface area contributed by atoms with Gasteiger partial charge in [-0.3, -0.25) is 4.79 Å². The van der Waals surface area contributed by atoms with E-state index in [1.807, 2.05) is 20.8 Å². The maximum absolute atomic E-state index is 12.1. The molecule has 0 radical (unpaired) electrons. The Morgan fingerprint density at radius 1 is 1.26 bits per heavy atom. The molecule has 1 rings (SSSR count). The molecule has 0 aromatic heterocycles. The number of amides is 1. The molecule has 0 aromatic carbocycles. The number of sulfonamides is 1. The average Bonchev–Trinajstić information content (AvgIpc) is 2.39. The van der Waals surface area contributed by atoms with Crippen molar-refractivity contribution in [3.05, 3.63) is 0 Å². The van der Waals surface area contributed by atoms with Gasteiger partial charge in [-0.2, -0.15) is 0 Å². The maximum Gasteiger partial charge on any atom is 0.237 e. The first-order valence-corrected chi connectivity index (χ1v) is 9.74. The summed E-state index contributed by atoms with van der Waals surface area (Å²) in [6.45, 7) is 8.17. The largest absolute Gasteiger partial charge is 0.348 e. The Kier molecular flexibility index (Phi) is 9.05. The zero-order valence-corrected chi connectivity index (χ0v) is 16.2. The van der Waals surface area contributed by atoms with Crippen LogP contribution in [-0.4, -0.2) is 38.2 Å². The Morgan fingerprint density at radius 3 is 2.22 bits per heavy atom. The zero-order valence-electron chi connectivity index (χ0n) is 14.6. The minimum absolute atomic E-state index is 0. The lowest BCUT2D eigenvalue weighted by atomic mass is 9.88. The molecule has 1 aliphatic carbocycles. The van der Waals surface area contributed by atoms with Crippen LogP contribution in [0.1, 0.15) is 53.4 Å². The molecule has 6 nitrogen and oxygen atoms in total. The van der Waals surface area contributed by atoms with Gasteiger partial charge in [0.25, 0.3) is 0 Å². The molecule has 138 valence electrons. The molecular weight excluding hydrogens is 338 g/mol. The molecule has 0 saturated heterocycles. The van der Waals surface area contributed by atoms with Crippen LogP contribution in [0.3, 0.4) is 0 Å². The van der Waals surface area contributed by atoms with Crippen molar-refractivity contribution < 1.29 is 13.2 Å².